The molecule has 0 saturated carbocycles. The Bertz CT molecular complexity index is 866. The topological polar surface area (TPSA) is 62.0 Å². The number of nitrogens with one attached hydrogen (secondary N) is 2. The Balaban J connectivity index is 1.81. The molecule has 0 fully saturated rings. The summed E-state index contributed by atoms with van der Waals surface area (Å²) < 4.78 is 0. The van der Waals surface area contributed by atoms with E-state index in [0.29, 0.717) is 22.0 Å². The van der Waals surface area contributed by atoms with Gasteiger partial charge in [0.25, 0.3) is 5.91 Å². The number of carbonyl (C=O) groups excluding carboxylic acids is 2. The van der Waals surface area contributed by atoms with Crippen molar-refractivity contribution >= 4 is 39.9 Å². The van der Waals surface area contributed by atoms with Gasteiger partial charge in [-0.1, -0.05) is 17.7 Å². The number of H-pyrrole nitrogens is 1. The monoisotopic (exact) mass is 312 g/mol. The van der Waals surface area contributed by atoms with Crippen molar-refractivity contribution in [3.8, 4) is 0 Å². The van der Waals surface area contributed by atoms with E-state index in [0.717, 1.165) is 10.9 Å². The highest BCUT2D eigenvalue weighted by molar-refractivity contribution is 6.31. The summed E-state index contributed by atoms with van der Waals surface area (Å²) in [6.07, 6.45) is 0. The van der Waals surface area contributed by atoms with Crippen LogP contribution in [0.25, 0.3) is 10.9 Å². The first-order valence-electron chi connectivity index (χ1n) is 6.73. The van der Waals surface area contributed by atoms with Crippen LogP contribution in [-0.4, -0.2) is 16.7 Å². The third-order valence-electron chi connectivity index (χ3n) is 3.38. The molecule has 0 aliphatic rings. The molecular weight excluding hydrogens is 300 g/mol. The van der Waals surface area contributed by atoms with Gasteiger partial charge < -0.3 is 10.3 Å². The molecule has 1 heterocycles. The standard InChI is InChI=1S/C17H13ClN2O2/c1-10(21)11-3-6-14(7-4-11)19-17(22)16-8-12-2-5-13(18)9-15(12)20-16/h2-9,20H,1H3,(H,19,22). The fourth-order valence-electron chi connectivity index (χ4n) is 2.21. The van der Waals surface area contributed by atoms with Gasteiger partial charge in [-0.25, -0.2) is 0 Å². The summed E-state index contributed by atoms with van der Waals surface area (Å²) in [6.45, 7) is 1.50. The van der Waals surface area contributed by atoms with Gasteiger partial charge in [0.2, 0.25) is 0 Å². The highest BCUT2D eigenvalue weighted by atomic mass is 35.5. The van der Waals surface area contributed by atoms with Crippen LogP contribution in [0.15, 0.2) is 48.5 Å². The number of ketones is 1. The Kier molecular flexibility index (Phi) is 3.69. The first kappa shape index (κ1) is 14.4. The Hall–Kier alpha value is -2.59. The van der Waals surface area contributed by atoms with Crippen LogP contribution in [0.2, 0.25) is 5.02 Å². The van der Waals surface area contributed by atoms with Crippen LogP contribution in [0.3, 0.4) is 0 Å². The van der Waals surface area contributed by atoms with Crippen molar-refractivity contribution in [1.82, 2.24) is 4.98 Å². The van der Waals surface area contributed by atoms with Crippen molar-refractivity contribution in [3.63, 3.8) is 0 Å². The van der Waals surface area contributed by atoms with Gasteiger partial charge in [0.15, 0.2) is 5.78 Å². The molecule has 2 aromatic carbocycles. The maximum atomic E-state index is 12.2. The minimum absolute atomic E-state index is 0.00891. The van der Waals surface area contributed by atoms with Crippen LogP contribution in [0, 0.1) is 0 Å². The number of amides is 1. The van der Waals surface area contributed by atoms with E-state index < -0.39 is 0 Å². The van der Waals surface area contributed by atoms with Gasteiger partial charge in [-0.15, -0.1) is 0 Å². The summed E-state index contributed by atoms with van der Waals surface area (Å²) in [6, 6.07) is 13.9. The molecule has 0 atom stereocenters. The quantitative estimate of drug-likeness (QED) is 0.709. The van der Waals surface area contributed by atoms with Crippen molar-refractivity contribution < 1.29 is 9.59 Å². The lowest BCUT2D eigenvalue weighted by Crippen LogP contribution is -2.12. The minimum Gasteiger partial charge on any atom is -0.350 e. The van der Waals surface area contributed by atoms with E-state index in [-0.39, 0.29) is 11.7 Å². The Morgan fingerprint density at radius 3 is 2.45 bits per heavy atom. The van der Waals surface area contributed by atoms with E-state index in [9.17, 15) is 9.59 Å². The molecule has 3 rings (SSSR count). The number of anilines is 1. The maximum Gasteiger partial charge on any atom is 0.272 e. The Morgan fingerprint density at radius 1 is 1.05 bits per heavy atom. The molecule has 0 saturated heterocycles. The normalized spacial score (nSPS) is 10.6. The van der Waals surface area contributed by atoms with Gasteiger partial charge in [-0.05, 0) is 49.4 Å². The number of halogens is 1. The lowest BCUT2D eigenvalue weighted by molar-refractivity contribution is 0.101. The summed E-state index contributed by atoms with van der Waals surface area (Å²) in [5, 5.41) is 4.32. The average molecular weight is 313 g/mol. The molecule has 0 aliphatic carbocycles. The molecule has 4 nitrogen and oxygen atoms in total. The second kappa shape index (κ2) is 5.66. The van der Waals surface area contributed by atoms with Crippen LogP contribution < -0.4 is 5.32 Å². The van der Waals surface area contributed by atoms with Gasteiger partial charge in [-0.2, -0.15) is 0 Å². The molecule has 110 valence electrons. The molecule has 5 heteroatoms. The molecule has 3 aromatic rings. The zero-order valence-corrected chi connectivity index (χ0v) is 12.6. The molecule has 0 bridgehead atoms. The third-order valence-corrected chi connectivity index (χ3v) is 3.61. The first-order valence-corrected chi connectivity index (χ1v) is 7.11. The highest BCUT2D eigenvalue weighted by Gasteiger charge is 2.10. The summed E-state index contributed by atoms with van der Waals surface area (Å²) >= 11 is 5.93. The molecule has 1 amide bonds. The minimum atomic E-state index is -0.247. The summed E-state index contributed by atoms with van der Waals surface area (Å²) in [5.74, 6) is -0.256. The molecule has 0 spiro atoms. The highest BCUT2D eigenvalue weighted by Crippen LogP contribution is 2.20. The second-order valence-electron chi connectivity index (χ2n) is 5.00. The SMILES string of the molecule is CC(=O)c1ccc(NC(=O)c2cc3ccc(Cl)cc3[nH]2)cc1. The van der Waals surface area contributed by atoms with Crippen molar-refractivity contribution in [2.75, 3.05) is 5.32 Å². The summed E-state index contributed by atoms with van der Waals surface area (Å²) in [7, 11) is 0. The smallest absolute Gasteiger partial charge is 0.272 e. The third kappa shape index (κ3) is 2.87. The number of fused-ring (bicyclic) bond motifs is 1. The van der Waals surface area contributed by atoms with Gasteiger partial charge in [0.05, 0.1) is 0 Å². The van der Waals surface area contributed by atoms with Crippen LogP contribution in [0.5, 0.6) is 0 Å². The number of hydrogen-bond acceptors (Lipinski definition) is 2. The van der Waals surface area contributed by atoms with Gasteiger partial charge in [0.1, 0.15) is 5.69 Å². The molecule has 0 unspecified atom stereocenters. The van der Waals surface area contributed by atoms with E-state index in [2.05, 4.69) is 10.3 Å². The van der Waals surface area contributed by atoms with E-state index in [1.807, 2.05) is 6.07 Å². The first-order chi connectivity index (χ1) is 10.5. The van der Waals surface area contributed by atoms with Crippen LogP contribution >= 0.6 is 11.6 Å². The number of carbonyl (C=O) groups is 2. The molecule has 0 aliphatic heterocycles. The number of rotatable bonds is 3. The predicted octanol–water partition coefficient (Wildman–Crippen LogP) is 4.28. The lowest BCUT2D eigenvalue weighted by Gasteiger charge is -2.04. The molecule has 2 N–H and O–H groups in total. The van der Waals surface area contributed by atoms with Crippen LogP contribution in [-0.2, 0) is 0 Å². The summed E-state index contributed by atoms with van der Waals surface area (Å²) in [4.78, 5) is 26.5. The van der Waals surface area contributed by atoms with Crippen molar-refractivity contribution in [2.24, 2.45) is 0 Å². The number of benzene rings is 2. The van der Waals surface area contributed by atoms with E-state index >= 15 is 0 Å². The van der Waals surface area contributed by atoms with Crippen molar-refractivity contribution in [3.05, 3.63) is 64.8 Å². The molecular formula is C17H13ClN2O2. The van der Waals surface area contributed by atoms with Gasteiger partial charge in [-0.3, -0.25) is 9.59 Å². The summed E-state index contributed by atoms with van der Waals surface area (Å²) in [5.41, 5.74) is 2.50. The predicted molar refractivity (Wildman–Crippen MR) is 87.7 cm³/mol. The number of aromatic amines is 1. The largest absolute Gasteiger partial charge is 0.350 e. The zero-order chi connectivity index (χ0) is 15.7. The van der Waals surface area contributed by atoms with E-state index in [1.54, 1.807) is 42.5 Å². The maximum absolute atomic E-state index is 12.2. The average Bonchev–Trinajstić information content (AvgIpc) is 2.91. The van der Waals surface area contributed by atoms with E-state index in [4.69, 9.17) is 11.6 Å². The molecule has 0 radical (unpaired) electrons. The molecule has 1 aromatic heterocycles. The van der Waals surface area contributed by atoms with Crippen LogP contribution in [0.1, 0.15) is 27.8 Å². The fourth-order valence-corrected chi connectivity index (χ4v) is 2.38. The Morgan fingerprint density at radius 2 is 1.77 bits per heavy atom. The number of hydrogen-bond donors (Lipinski definition) is 2. The van der Waals surface area contributed by atoms with Gasteiger partial charge >= 0.3 is 0 Å². The van der Waals surface area contributed by atoms with Crippen LogP contribution in [0.4, 0.5) is 5.69 Å². The molecule has 22 heavy (non-hydrogen) atoms. The zero-order valence-electron chi connectivity index (χ0n) is 11.8. The number of aromatic nitrogens is 1. The van der Waals surface area contributed by atoms with E-state index in [1.165, 1.54) is 6.92 Å². The fraction of sp³-hybridized carbons (Fsp3) is 0.0588. The second-order valence-corrected chi connectivity index (χ2v) is 5.44. The van der Waals surface area contributed by atoms with Crippen molar-refractivity contribution in [1.29, 1.82) is 0 Å². The Labute approximate surface area is 132 Å². The lowest BCUT2D eigenvalue weighted by atomic mass is 10.1. The number of Topliss-reactive ketones (excluding diaryl/α,β-unsaturated/α-hetero) is 1. The van der Waals surface area contributed by atoms with Gasteiger partial charge in [0, 0.05) is 27.2 Å². The van der Waals surface area contributed by atoms with Crippen molar-refractivity contribution in [2.45, 2.75) is 6.92 Å².